The first-order valence-corrected chi connectivity index (χ1v) is 20.5. The summed E-state index contributed by atoms with van der Waals surface area (Å²) in [6.07, 6.45) is 0. The molecule has 0 amide bonds. The maximum absolute atomic E-state index is 6.55. The third kappa shape index (κ3) is 6.23. The Morgan fingerprint density at radius 1 is 0.283 bits per heavy atom. The molecule has 0 N–H and O–H groups in total. The quantitative estimate of drug-likeness (QED) is 0.153. The van der Waals surface area contributed by atoms with Crippen molar-refractivity contribution in [1.29, 1.82) is 0 Å². The van der Waals surface area contributed by atoms with E-state index in [-0.39, 0.29) is 0 Å². The van der Waals surface area contributed by atoms with Gasteiger partial charge < -0.3 is 9.32 Å². The second kappa shape index (κ2) is 15.1. The van der Waals surface area contributed by atoms with Gasteiger partial charge in [0.1, 0.15) is 11.2 Å². The monoisotopic (exact) mass is 765 g/mol. The number of furan rings is 1. The van der Waals surface area contributed by atoms with E-state index in [1.54, 1.807) is 0 Å². The minimum atomic E-state index is 0.894. The second-order valence-electron chi connectivity index (χ2n) is 15.2. The van der Waals surface area contributed by atoms with Crippen LogP contribution in [0.2, 0.25) is 0 Å². The molecular formula is C58H39NO. The molecule has 0 atom stereocenters. The molecule has 0 aliphatic heterocycles. The summed E-state index contributed by atoms with van der Waals surface area (Å²) in [5.41, 5.74) is 16.6. The summed E-state index contributed by atoms with van der Waals surface area (Å²) in [6, 6.07) is 84.9. The first-order valence-electron chi connectivity index (χ1n) is 20.5. The molecular weight excluding hydrogens is 727 g/mol. The Labute approximate surface area is 349 Å². The lowest BCUT2D eigenvalue weighted by Gasteiger charge is -2.29. The average Bonchev–Trinajstić information content (AvgIpc) is 3.71. The van der Waals surface area contributed by atoms with Crippen molar-refractivity contribution in [1.82, 2.24) is 0 Å². The van der Waals surface area contributed by atoms with E-state index < -0.39 is 0 Å². The van der Waals surface area contributed by atoms with Crippen LogP contribution in [0.1, 0.15) is 0 Å². The van der Waals surface area contributed by atoms with Crippen molar-refractivity contribution in [3.63, 3.8) is 0 Å². The van der Waals surface area contributed by atoms with Crippen LogP contribution >= 0.6 is 0 Å². The minimum absolute atomic E-state index is 0.894. The third-order valence-corrected chi connectivity index (χ3v) is 11.7. The molecule has 2 heteroatoms. The zero-order chi connectivity index (χ0) is 39.8. The Kier molecular flexibility index (Phi) is 8.87. The maximum atomic E-state index is 6.55. The van der Waals surface area contributed by atoms with Crippen molar-refractivity contribution in [3.05, 3.63) is 237 Å². The number of rotatable bonds is 8. The van der Waals surface area contributed by atoms with Crippen molar-refractivity contribution in [3.8, 4) is 55.6 Å². The topological polar surface area (TPSA) is 16.4 Å². The summed E-state index contributed by atoms with van der Waals surface area (Å²) < 4.78 is 6.55. The van der Waals surface area contributed by atoms with Crippen LogP contribution in [0, 0.1) is 0 Å². The molecule has 11 aromatic rings. The molecule has 0 saturated carbocycles. The third-order valence-electron chi connectivity index (χ3n) is 11.7. The van der Waals surface area contributed by atoms with Crippen LogP contribution in [0.25, 0.3) is 88.3 Å². The fourth-order valence-corrected chi connectivity index (χ4v) is 8.92. The molecule has 11 rings (SSSR count). The fourth-order valence-electron chi connectivity index (χ4n) is 8.92. The van der Waals surface area contributed by atoms with Crippen molar-refractivity contribution < 1.29 is 4.42 Å². The average molecular weight is 766 g/mol. The van der Waals surface area contributed by atoms with E-state index in [0.29, 0.717) is 0 Å². The van der Waals surface area contributed by atoms with Gasteiger partial charge in [-0.25, -0.2) is 0 Å². The van der Waals surface area contributed by atoms with E-state index in [9.17, 15) is 0 Å². The lowest BCUT2D eigenvalue weighted by molar-refractivity contribution is 0.670. The number of benzene rings is 10. The first-order chi connectivity index (χ1) is 29.8. The molecule has 0 bridgehead atoms. The number of fused-ring (bicyclic) bond motifs is 4. The molecule has 0 aliphatic carbocycles. The predicted molar refractivity (Wildman–Crippen MR) is 253 cm³/mol. The largest absolute Gasteiger partial charge is 0.455 e. The van der Waals surface area contributed by atoms with Crippen LogP contribution < -0.4 is 4.90 Å². The highest BCUT2D eigenvalue weighted by molar-refractivity contribution is 6.10. The van der Waals surface area contributed by atoms with Crippen LogP contribution in [0.15, 0.2) is 241 Å². The van der Waals surface area contributed by atoms with Gasteiger partial charge in [-0.1, -0.05) is 200 Å². The van der Waals surface area contributed by atoms with Crippen LogP contribution in [-0.4, -0.2) is 0 Å². The van der Waals surface area contributed by atoms with Gasteiger partial charge in [0.05, 0.1) is 5.69 Å². The Morgan fingerprint density at radius 3 is 1.62 bits per heavy atom. The van der Waals surface area contributed by atoms with Crippen LogP contribution in [0.4, 0.5) is 17.1 Å². The van der Waals surface area contributed by atoms with Gasteiger partial charge in [0, 0.05) is 33.3 Å². The fraction of sp³-hybridized carbons (Fsp3) is 0. The van der Waals surface area contributed by atoms with Crippen LogP contribution in [0.3, 0.4) is 0 Å². The second-order valence-corrected chi connectivity index (χ2v) is 15.2. The number of nitrogens with zero attached hydrogens (tertiary/aromatic N) is 1. The summed E-state index contributed by atoms with van der Waals surface area (Å²) in [6.45, 7) is 0. The Morgan fingerprint density at radius 2 is 0.800 bits per heavy atom. The summed E-state index contributed by atoms with van der Waals surface area (Å²) in [5.74, 6) is 0. The molecule has 282 valence electrons. The van der Waals surface area contributed by atoms with Crippen LogP contribution in [-0.2, 0) is 0 Å². The summed E-state index contributed by atoms with van der Waals surface area (Å²) in [7, 11) is 0. The van der Waals surface area contributed by atoms with Gasteiger partial charge >= 0.3 is 0 Å². The van der Waals surface area contributed by atoms with E-state index in [2.05, 4.69) is 229 Å². The predicted octanol–water partition coefficient (Wildman–Crippen LogP) is 16.5. The SMILES string of the molecule is c1ccc(-c2ccccc2-c2ccccc2-c2ccccc2N(c2ccc(-c3cccc4ccccc34)cc2)c2cccc(-c3cccc4c3oc3ccccc34)c2)cc1. The van der Waals surface area contributed by atoms with Gasteiger partial charge in [-0.15, -0.1) is 0 Å². The highest BCUT2D eigenvalue weighted by Crippen LogP contribution is 2.46. The van der Waals surface area contributed by atoms with Crippen LogP contribution in [0.5, 0.6) is 0 Å². The summed E-state index contributed by atoms with van der Waals surface area (Å²) in [4.78, 5) is 2.41. The molecule has 60 heavy (non-hydrogen) atoms. The normalized spacial score (nSPS) is 11.3. The number of para-hydroxylation sites is 3. The maximum Gasteiger partial charge on any atom is 0.143 e. The highest BCUT2D eigenvalue weighted by Gasteiger charge is 2.21. The highest BCUT2D eigenvalue weighted by atomic mass is 16.3. The van der Waals surface area contributed by atoms with E-state index in [0.717, 1.165) is 61.3 Å². The lowest BCUT2D eigenvalue weighted by atomic mass is 9.88. The molecule has 0 aliphatic rings. The van der Waals surface area contributed by atoms with Crippen molar-refractivity contribution in [2.24, 2.45) is 0 Å². The Bertz CT molecular complexity index is 3320. The van der Waals surface area contributed by atoms with Crippen molar-refractivity contribution in [2.45, 2.75) is 0 Å². The Balaban J connectivity index is 1.10. The van der Waals surface area contributed by atoms with Gasteiger partial charge in [-0.05, 0) is 91.7 Å². The first kappa shape index (κ1) is 35.2. The van der Waals surface area contributed by atoms with Gasteiger partial charge in [-0.3, -0.25) is 0 Å². The molecule has 1 heterocycles. The molecule has 10 aromatic carbocycles. The van der Waals surface area contributed by atoms with Gasteiger partial charge in [0.25, 0.3) is 0 Å². The number of anilines is 3. The molecule has 0 unspecified atom stereocenters. The molecule has 0 radical (unpaired) electrons. The molecule has 0 saturated heterocycles. The van der Waals surface area contributed by atoms with Gasteiger partial charge in [-0.2, -0.15) is 0 Å². The smallest absolute Gasteiger partial charge is 0.143 e. The standard InChI is InChI=1S/C58H39NO/c1-2-17-40(18-3-1)48-24-6-7-25-50(48)51-26-8-9-27-52(51)53-28-10-12-33-56(53)59(44-37-35-42(36-38-44)47-30-15-20-41-19-4-5-23-46(41)47)45-22-14-21-43(39-45)49-31-16-32-55-54-29-11-13-34-57(54)60-58(49)55/h1-39H. The summed E-state index contributed by atoms with van der Waals surface area (Å²) in [5, 5.41) is 4.72. The number of hydrogen-bond donors (Lipinski definition) is 0. The van der Waals surface area contributed by atoms with E-state index in [4.69, 9.17) is 4.42 Å². The Hall–Kier alpha value is -7.94. The summed E-state index contributed by atoms with van der Waals surface area (Å²) >= 11 is 0. The number of hydrogen-bond acceptors (Lipinski definition) is 2. The molecule has 0 spiro atoms. The molecule has 2 nitrogen and oxygen atoms in total. The molecule has 0 fully saturated rings. The van der Waals surface area contributed by atoms with Crippen molar-refractivity contribution in [2.75, 3.05) is 4.90 Å². The lowest BCUT2D eigenvalue weighted by Crippen LogP contribution is -2.11. The van der Waals surface area contributed by atoms with Gasteiger partial charge in [0.2, 0.25) is 0 Å². The van der Waals surface area contributed by atoms with E-state index in [1.807, 2.05) is 12.1 Å². The molecule has 1 aromatic heterocycles. The zero-order valence-corrected chi connectivity index (χ0v) is 32.9. The minimum Gasteiger partial charge on any atom is -0.455 e. The van der Waals surface area contributed by atoms with Crippen molar-refractivity contribution >= 4 is 49.8 Å². The van der Waals surface area contributed by atoms with E-state index in [1.165, 1.54) is 44.2 Å². The van der Waals surface area contributed by atoms with E-state index >= 15 is 0 Å². The zero-order valence-electron chi connectivity index (χ0n) is 32.9. The van der Waals surface area contributed by atoms with Gasteiger partial charge in [0.15, 0.2) is 0 Å².